The summed E-state index contributed by atoms with van der Waals surface area (Å²) in [6.07, 6.45) is 0.825. The predicted octanol–water partition coefficient (Wildman–Crippen LogP) is 0.414. The SMILES string of the molecule is CC(C)NS(=O)(=O)c1ccc(CCC(=O)NCCO)cc1. The number of rotatable bonds is 8. The van der Waals surface area contributed by atoms with Gasteiger partial charge in [0.1, 0.15) is 0 Å². The highest BCUT2D eigenvalue weighted by Crippen LogP contribution is 2.12. The fraction of sp³-hybridized carbons (Fsp3) is 0.500. The van der Waals surface area contributed by atoms with Crippen LogP contribution in [0.1, 0.15) is 25.8 Å². The van der Waals surface area contributed by atoms with Crippen LogP contribution in [-0.2, 0) is 21.2 Å². The van der Waals surface area contributed by atoms with Crippen LogP contribution in [0.25, 0.3) is 0 Å². The molecule has 0 unspecified atom stereocenters. The summed E-state index contributed by atoms with van der Waals surface area (Å²) < 4.78 is 26.4. The van der Waals surface area contributed by atoms with Gasteiger partial charge in [0, 0.05) is 19.0 Å². The minimum Gasteiger partial charge on any atom is -0.395 e. The molecular weight excluding hydrogens is 292 g/mol. The highest BCUT2D eigenvalue weighted by Gasteiger charge is 2.14. The molecule has 0 aliphatic carbocycles. The summed E-state index contributed by atoms with van der Waals surface area (Å²) in [5, 5.41) is 11.2. The molecule has 1 rings (SSSR count). The van der Waals surface area contributed by atoms with Crippen molar-refractivity contribution in [1.82, 2.24) is 10.0 Å². The number of hydrogen-bond acceptors (Lipinski definition) is 4. The number of aliphatic hydroxyl groups excluding tert-OH is 1. The Morgan fingerprint density at radius 2 is 1.86 bits per heavy atom. The van der Waals surface area contributed by atoms with Crippen LogP contribution in [0.3, 0.4) is 0 Å². The number of carbonyl (C=O) groups excluding carboxylic acids is 1. The molecule has 118 valence electrons. The summed E-state index contributed by atoms with van der Waals surface area (Å²) in [7, 11) is -3.48. The van der Waals surface area contributed by atoms with Gasteiger partial charge in [-0.15, -0.1) is 0 Å². The number of amides is 1. The molecule has 1 aromatic rings. The van der Waals surface area contributed by atoms with E-state index >= 15 is 0 Å². The third-order valence-corrected chi connectivity index (χ3v) is 4.37. The maximum absolute atomic E-state index is 11.9. The van der Waals surface area contributed by atoms with Gasteiger partial charge in [0.15, 0.2) is 0 Å². The molecule has 0 atom stereocenters. The van der Waals surface area contributed by atoms with Gasteiger partial charge in [-0.2, -0.15) is 0 Å². The largest absolute Gasteiger partial charge is 0.395 e. The third kappa shape index (κ3) is 6.24. The number of carbonyl (C=O) groups is 1. The first-order valence-corrected chi connectivity index (χ1v) is 8.32. The van der Waals surface area contributed by atoms with Crippen LogP contribution in [0.5, 0.6) is 0 Å². The van der Waals surface area contributed by atoms with Crippen molar-refractivity contribution in [2.75, 3.05) is 13.2 Å². The number of aliphatic hydroxyl groups is 1. The molecule has 0 saturated carbocycles. The van der Waals surface area contributed by atoms with Gasteiger partial charge in [-0.05, 0) is 38.0 Å². The van der Waals surface area contributed by atoms with E-state index in [4.69, 9.17) is 5.11 Å². The first-order chi connectivity index (χ1) is 9.85. The molecule has 0 spiro atoms. The van der Waals surface area contributed by atoms with Crippen LogP contribution in [0.15, 0.2) is 29.2 Å². The van der Waals surface area contributed by atoms with Gasteiger partial charge in [-0.1, -0.05) is 12.1 Å². The topological polar surface area (TPSA) is 95.5 Å². The van der Waals surface area contributed by atoms with Gasteiger partial charge in [0.05, 0.1) is 11.5 Å². The molecule has 0 saturated heterocycles. The van der Waals surface area contributed by atoms with Crippen LogP contribution in [0.2, 0.25) is 0 Å². The van der Waals surface area contributed by atoms with Crippen LogP contribution >= 0.6 is 0 Å². The first kappa shape index (κ1) is 17.6. The van der Waals surface area contributed by atoms with Crippen molar-refractivity contribution < 1.29 is 18.3 Å². The monoisotopic (exact) mass is 314 g/mol. The quantitative estimate of drug-likeness (QED) is 0.648. The van der Waals surface area contributed by atoms with Crippen LogP contribution in [0.4, 0.5) is 0 Å². The van der Waals surface area contributed by atoms with Crippen molar-refractivity contribution in [2.45, 2.75) is 37.6 Å². The average molecular weight is 314 g/mol. The second kappa shape index (κ2) is 8.11. The highest BCUT2D eigenvalue weighted by molar-refractivity contribution is 7.89. The van der Waals surface area contributed by atoms with Gasteiger partial charge in [0.2, 0.25) is 15.9 Å². The number of sulfonamides is 1. The lowest BCUT2D eigenvalue weighted by Crippen LogP contribution is -2.30. The fourth-order valence-corrected chi connectivity index (χ4v) is 3.01. The normalized spacial score (nSPS) is 11.6. The van der Waals surface area contributed by atoms with Gasteiger partial charge in [-0.25, -0.2) is 13.1 Å². The zero-order valence-corrected chi connectivity index (χ0v) is 13.1. The zero-order valence-electron chi connectivity index (χ0n) is 12.3. The molecule has 0 aliphatic heterocycles. The Kier molecular flexibility index (Phi) is 6.80. The summed E-state index contributed by atoms with van der Waals surface area (Å²) >= 11 is 0. The van der Waals surface area contributed by atoms with E-state index in [1.54, 1.807) is 26.0 Å². The Balaban J connectivity index is 2.60. The second-order valence-corrected chi connectivity index (χ2v) is 6.71. The first-order valence-electron chi connectivity index (χ1n) is 6.84. The molecule has 0 aromatic heterocycles. The zero-order chi connectivity index (χ0) is 15.9. The molecule has 0 bridgehead atoms. The van der Waals surface area contributed by atoms with Gasteiger partial charge < -0.3 is 10.4 Å². The smallest absolute Gasteiger partial charge is 0.240 e. The lowest BCUT2D eigenvalue weighted by atomic mass is 10.1. The number of aryl methyl sites for hydroxylation is 1. The Labute approximate surface area is 125 Å². The van der Waals surface area contributed by atoms with Crippen molar-refractivity contribution in [3.63, 3.8) is 0 Å². The molecule has 1 amide bonds. The molecule has 1 aromatic carbocycles. The Hall–Kier alpha value is -1.44. The molecule has 0 fully saturated rings. The van der Waals surface area contributed by atoms with E-state index in [-0.39, 0.29) is 30.0 Å². The van der Waals surface area contributed by atoms with Crippen LogP contribution < -0.4 is 10.0 Å². The molecule has 0 radical (unpaired) electrons. The molecular formula is C14H22N2O4S. The van der Waals surface area contributed by atoms with Gasteiger partial charge >= 0.3 is 0 Å². The van der Waals surface area contributed by atoms with E-state index in [2.05, 4.69) is 10.0 Å². The van der Waals surface area contributed by atoms with Crippen molar-refractivity contribution in [3.8, 4) is 0 Å². The summed E-state index contributed by atoms with van der Waals surface area (Å²) in [6, 6.07) is 6.31. The summed E-state index contributed by atoms with van der Waals surface area (Å²) in [6.45, 7) is 3.69. The fourth-order valence-electron chi connectivity index (χ4n) is 1.76. The van der Waals surface area contributed by atoms with Crippen molar-refractivity contribution >= 4 is 15.9 Å². The van der Waals surface area contributed by atoms with E-state index < -0.39 is 10.0 Å². The van der Waals surface area contributed by atoms with Crippen LogP contribution in [0, 0.1) is 0 Å². The van der Waals surface area contributed by atoms with E-state index in [0.717, 1.165) is 5.56 Å². The van der Waals surface area contributed by atoms with E-state index in [1.807, 2.05) is 0 Å². The molecule has 0 aliphatic rings. The highest BCUT2D eigenvalue weighted by atomic mass is 32.2. The van der Waals surface area contributed by atoms with E-state index in [9.17, 15) is 13.2 Å². The summed E-state index contributed by atoms with van der Waals surface area (Å²) in [4.78, 5) is 11.6. The van der Waals surface area contributed by atoms with Gasteiger partial charge in [0.25, 0.3) is 0 Å². The predicted molar refractivity (Wildman–Crippen MR) is 80.3 cm³/mol. The van der Waals surface area contributed by atoms with Crippen molar-refractivity contribution in [1.29, 1.82) is 0 Å². The number of nitrogens with one attached hydrogen (secondary N) is 2. The summed E-state index contributed by atoms with van der Waals surface area (Å²) in [5.74, 6) is -0.137. The molecule has 6 nitrogen and oxygen atoms in total. The van der Waals surface area contributed by atoms with Crippen molar-refractivity contribution in [3.05, 3.63) is 29.8 Å². The second-order valence-electron chi connectivity index (χ2n) is 4.99. The standard InChI is InChI=1S/C14H22N2O4S/c1-11(2)16-21(19,20)13-6-3-12(4-7-13)5-8-14(18)15-9-10-17/h3-4,6-7,11,16-17H,5,8-10H2,1-2H3,(H,15,18). The number of benzene rings is 1. The number of hydrogen-bond donors (Lipinski definition) is 3. The van der Waals surface area contributed by atoms with E-state index in [0.29, 0.717) is 12.8 Å². The summed E-state index contributed by atoms with van der Waals surface area (Å²) in [5.41, 5.74) is 0.887. The average Bonchev–Trinajstić information content (AvgIpc) is 2.42. The molecule has 7 heteroatoms. The minimum atomic E-state index is -3.48. The maximum atomic E-state index is 11.9. The van der Waals surface area contributed by atoms with Crippen LogP contribution in [-0.4, -0.2) is 38.6 Å². The van der Waals surface area contributed by atoms with Crippen molar-refractivity contribution in [2.24, 2.45) is 0 Å². The lowest BCUT2D eigenvalue weighted by Gasteiger charge is -2.10. The Morgan fingerprint density at radius 3 is 2.38 bits per heavy atom. The minimum absolute atomic E-state index is 0.0822. The van der Waals surface area contributed by atoms with E-state index in [1.165, 1.54) is 12.1 Å². The lowest BCUT2D eigenvalue weighted by molar-refractivity contribution is -0.121. The Morgan fingerprint density at radius 1 is 1.24 bits per heavy atom. The molecule has 0 heterocycles. The molecule has 21 heavy (non-hydrogen) atoms. The third-order valence-electron chi connectivity index (χ3n) is 2.70. The molecule has 3 N–H and O–H groups in total. The Bertz CT molecular complexity index is 553. The van der Waals surface area contributed by atoms with Gasteiger partial charge in [-0.3, -0.25) is 4.79 Å². The maximum Gasteiger partial charge on any atom is 0.240 e.